The highest BCUT2D eigenvalue weighted by molar-refractivity contribution is 6.33. The van der Waals surface area contributed by atoms with E-state index < -0.39 is 6.04 Å². The van der Waals surface area contributed by atoms with Gasteiger partial charge in [-0.3, -0.25) is 4.79 Å². The Morgan fingerprint density at radius 2 is 1.95 bits per heavy atom. The number of methoxy groups -OCH3 is 1. The van der Waals surface area contributed by atoms with Crippen LogP contribution in [0.15, 0.2) is 48.5 Å². The summed E-state index contributed by atoms with van der Waals surface area (Å²) in [6.07, 6.45) is 0. The van der Waals surface area contributed by atoms with E-state index in [1.165, 1.54) is 0 Å². The molecule has 0 unspecified atom stereocenters. The molecule has 1 amide bonds. The van der Waals surface area contributed by atoms with Crippen LogP contribution in [0.1, 0.15) is 11.6 Å². The van der Waals surface area contributed by atoms with Crippen molar-refractivity contribution >= 4 is 23.2 Å². The number of nitrogens with one attached hydrogen (secondary N) is 1. The minimum atomic E-state index is -0.751. The van der Waals surface area contributed by atoms with E-state index in [0.717, 1.165) is 5.56 Å². The summed E-state index contributed by atoms with van der Waals surface area (Å²) in [4.78, 5) is 12.1. The van der Waals surface area contributed by atoms with Gasteiger partial charge in [0.05, 0.1) is 17.8 Å². The normalized spacial score (nSPS) is 11.8. The van der Waals surface area contributed by atoms with Crippen molar-refractivity contribution in [1.82, 2.24) is 0 Å². The monoisotopic (exact) mass is 290 g/mol. The molecule has 0 fully saturated rings. The van der Waals surface area contributed by atoms with Crippen molar-refractivity contribution in [3.8, 4) is 5.75 Å². The van der Waals surface area contributed by atoms with Gasteiger partial charge in [0.25, 0.3) is 0 Å². The summed E-state index contributed by atoms with van der Waals surface area (Å²) in [6.45, 7) is 0. The molecular formula is C15H15ClN2O2. The molecule has 0 spiro atoms. The number of anilines is 1. The summed E-state index contributed by atoms with van der Waals surface area (Å²) in [7, 11) is 1.55. The number of carbonyl (C=O) groups is 1. The number of ether oxygens (including phenoxy) is 1. The number of hydrogen-bond donors (Lipinski definition) is 2. The summed E-state index contributed by atoms with van der Waals surface area (Å²) in [5, 5.41) is 3.14. The Morgan fingerprint density at radius 1 is 1.25 bits per heavy atom. The van der Waals surface area contributed by atoms with E-state index in [2.05, 4.69) is 5.32 Å². The van der Waals surface area contributed by atoms with Crippen molar-refractivity contribution in [2.45, 2.75) is 6.04 Å². The summed E-state index contributed by atoms with van der Waals surface area (Å²) >= 11 is 6.04. The van der Waals surface area contributed by atoms with Gasteiger partial charge in [-0.05, 0) is 17.7 Å². The third-order valence-electron chi connectivity index (χ3n) is 2.87. The summed E-state index contributed by atoms with van der Waals surface area (Å²) < 4.78 is 5.10. The smallest absolute Gasteiger partial charge is 0.245 e. The number of rotatable bonds is 4. The molecule has 0 saturated heterocycles. The quantitative estimate of drug-likeness (QED) is 0.910. The highest BCUT2D eigenvalue weighted by Gasteiger charge is 2.16. The Kier molecular flexibility index (Phi) is 4.61. The molecule has 4 nitrogen and oxygen atoms in total. The number of amides is 1. The van der Waals surface area contributed by atoms with Crippen LogP contribution in [0.4, 0.5) is 5.69 Å². The molecule has 0 bridgehead atoms. The number of hydrogen-bond acceptors (Lipinski definition) is 3. The lowest BCUT2D eigenvalue weighted by atomic mass is 10.1. The first-order valence-electron chi connectivity index (χ1n) is 6.06. The van der Waals surface area contributed by atoms with E-state index in [0.29, 0.717) is 16.5 Å². The molecule has 104 valence electrons. The molecule has 0 aromatic heterocycles. The second-order valence-electron chi connectivity index (χ2n) is 4.22. The second-order valence-corrected chi connectivity index (χ2v) is 4.63. The fraction of sp³-hybridized carbons (Fsp3) is 0.133. The van der Waals surface area contributed by atoms with Gasteiger partial charge in [0.2, 0.25) is 5.91 Å². The van der Waals surface area contributed by atoms with Crippen molar-refractivity contribution in [3.63, 3.8) is 0 Å². The van der Waals surface area contributed by atoms with Gasteiger partial charge < -0.3 is 15.8 Å². The van der Waals surface area contributed by atoms with E-state index in [1.54, 1.807) is 37.4 Å². The minimum absolute atomic E-state index is 0.327. The molecule has 0 aliphatic carbocycles. The third-order valence-corrected chi connectivity index (χ3v) is 3.20. The average Bonchev–Trinajstić information content (AvgIpc) is 2.49. The van der Waals surface area contributed by atoms with Gasteiger partial charge in [-0.1, -0.05) is 41.9 Å². The molecule has 3 N–H and O–H groups in total. The van der Waals surface area contributed by atoms with Gasteiger partial charge in [-0.15, -0.1) is 0 Å². The van der Waals surface area contributed by atoms with Gasteiger partial charge >= 0.3 is 0 Å². The largest absolute Gasteiger partial charge is 0.497 e. The van der Waals surface area contributed by atoms with Crippen molar-refractivity contribution in [2.24, 2.45) is 5.73 Å². The summed E-state index contributed by atoms with van der Waals surface area (Å²) in [5.74, 6) is 0.282. The number of halogens is 1. The molecular weight excluding hydrogens is 276 g/mol. The lowest BCUT2D eigenvalue weighted by Crippen LogP contribution is -2.27. The van der Waals surface area contributed by atoms with Crippen LogP contribution in [0.5, 0.6) is 5.75 Å². The molecule has 2 aromatic carbocycles. The Labute approximate surface area is 122 Å². The molecule has 0 radical (unpaired) electrons. The first kappa shape index (κ1) is 14.4. The van der Waals surface area contributed by atoms with Gasteiger partial charge in [0.15, 0.2) is 0 Å². The van der Waals surface area contributed by atoms with Crippen LogP contribution in [0.25, 0.3) is 0 Å². The van der Waals surface area contributed by atoms with Gasteiger partial charge in [0.1, 0.15) is 11.8 Å². The van der Waals surface area contributed by atoms with E-state index in [1.807, 2.05) is 18.2 Å². The molecule has 0 heterocycles. The SMILES string of the molecule is COc1ccc(Cl)c(NC(=O)[C@@H](N)c2ccccc2)c1. The Morgan fingerprint density at radius 3 is 2.60 bits per heavy atom. The fourth-order valence-corrected chi connectivity index (χ4v) is 1.91. The summed E-state index contributed by atoms with van der Waals surface area (Å²) in [6, 6.07) is 13.4. The van der Waals surface area contributed by atoms with E-state index in [4.69, 9.17) is 22.1 Å². The molecule has 0 aliphatic heterocycles. The zero-order valence-electron chi connectivity index (χ0n) is 11.0. The van der Waals surface area contributed by atoms with Crippen LogP contribution in [0.2, 0.25) is 5.02 Å². The molecule has 2 aromatic rings. The molecule has 0 saturated carbocycles. The topological polar surface area (TPSA) is 64.3 Å². The Balaban J connectivity index is 2.15. The molecule has 2 rings (SSSR count). The van der Waals surface area contributed by atoms with Gasteiger partial charge in [-0.2, -0.15) is 0 Å². The average molecular weight is 291 g/mol. The van der Waals surface area contributed by atoms with E-state index in [-0.39, 0.29) is 5.91 Å². The fourth-order valence-electron chi connectivity index (χ4n) is 1.75. The lowest BCUT2D eigenvalue weighted by Gasteiger charge is -2.14. The minimum Gasteiger partial charge on any atom is -0.497 e. The molecule has 5 heteroatoms. The predicted molar refractivity (Wildman–Crippen MR) is 80.0 cm³/mol. The van der Waals surface area contributed by atoms with Crippen LogP contribution < -0.4 is 15.8 Å². The standard InChI is InChI=1S/C15H15ClN2O2/c1-20-11-7-8-12(16)13(9-11)18-15(19)14(17)10-5-3-2-4-6-10/h2-9,14H,17H2,1H3,(H,18,19)/t14-/m0/s1. The molecule has 0 aliphatic rings. The predicted octanol–water partition coefficient (Wildman–Crippen LogP) is 2.99. The van der Waals surface area contributed by atoms with Crippen molar-refractivity contribution in [1.29, 1.82) is 0 Å². The Hall–Kier alpha value is -2.04. The third kappa shape index (κ3) is 3.29. The van der Waals surface area contributed by atoms with Crippen LogP contribution in [-0.2, 0) is 4.79 Å². The second kappa shape index (κ2) is 6.41. The van der Waals surface area contributed by atoms with Gasteiger partial charge in [0, 0.05) is 6.07 Å². The van der Waals surface area contributed by atoms with Crippen molar-refractivity contribution in [2.75, 3.05) is 12.4 Å². The van der Waals surface area contributed by atoms with Gasteiger partial charge in [-0.25, -0.2) is 0 Å². The molecule has 1 atom stereocenters. The highest BCUT2D eigenvalue weighted by Crippen LogP contribution is 2.27. The highest BCUT2D eigenvalue weighted by atomic mass is 35.5. The molecule has 20 heavy (non-hydrogen) atoms. The summed E-state index contributed by atoms with van der Waals surface area (Å²) in [5.41, 5.74) is 7.13. The number of benzene rings is 2. The number of carbonyl (C=O) groups excluding carboxylic acids is 1. The Bertz CT molecular complexity index is 602. The van der Waals surface area contributed by atoms with Crippen LogP contribution in [-0.4, -0.2) is 13.0 Å². The first-order valence-corrected chi connectivity index (χ1v) is 6.44. The lowest BCUT2D eigenvalue weighted by molar-refractivity contribution is -0.117. The van der Waals surface area contributed by atoms with Crippen molar-refractivity contribution in [3.05, 3.63) is 59.1 Å². The van der Waals surface area contributed by atoms with E-state index >= 15 is 0 Å². The van der Waals surface area contributed by atoms with Crippen LogP contribution in [0.3, 0.4) is 0 Å². The maximum Gasteiger partial charge on any atom is 0.245 e. The van der Waals surface area contributed by atoms with Crippen LogP contribution >= 0.6 is 11.6 Å². The maximum absolute atomic E-state index is 12.1. The van der Waals surface area contributed by atoms with Crippen molar-refractivity contribution < 1.29 is 9.53 Å². The zero-order valence-corrected chi connectivity index (χ0v) is 11.7. The zero-order chi connectivity index (χ0) is 14.5. The van der Waals surface area contributed by atoms with E-state index in [9.17, 15) is 4.79 Å². The maximum atomic E-state index is 12.1. The van der Waals surface area contributed by atoms with Crippen LogP contribution in [0, 0.1) is 0 Å². The first-order chi connectivity index (χ1) is 9.61. The number of nitrogens with two attached hydrogens (primary N) is 1.